The number of hydrogen-bond acceptors (Lipinski definition) is 5. The summed E-state index contributed by atoms with van der Waals surface area (Å²) in [6.07, 6.45) is 1.36. The third kappa shape index (κ3) is 4.58. The number of carbonyl (C=O) groups is 1. The highest BCUT2D eigenvalue weighted by Gasteiger charge is 2.12. The maximum absolute atomic E-state index is 11.9. The highest BCUT2D eigenvalue weighted by atomic mass is 35.5. The van der Waals surface area contributed by atoms with Gasteiger partial charge in [-0.1, -0.05) is 35.0 Å². The minimum atomic E-state index is -0.142. The number of rotatable bonds is 6. The number of benzene rings is 2. The molecule has 3 aromatic rings. The summed E-state index contributed by atoms with van der Waals surface area (Å²) < 4.78 is 5.21. The van der Waals surface area contributed by atoms with Crippen LogP contribution in [0.2, 0.25) is 5.02 Å². The van der Waals surface area contributed by atoms with Gasteiger partial charge in [-0.05, 0) is 30.7 Å². The van der Waals surface area contributed by atoms with Gasteiger partial charge in [0.05, 0.1) is 5.02 Å². The average Bonchev–Trinajstić information content (AvgIpc) is 3.04. The fourth-order valence-corrected chi connectivity index (χ4v) is 2.54. The molecule has 0 radical (unpaired) electrons. The summed E-state index contributed by atoms with van der Waals surface area (Å²) in [5, 5.41) is 16.6. The van der Waals surface area contributed by atoms with Crippen LogP contribution in [0.25, 0.3) is 11.4 Å². The zero-order valence-corrected chi connectivity index (χ0v) is 14.0. The van der Waals surface area contributed by atoms with Gasteiger partial charge in [0.25, 0.3) is 0 Å². The molecular formula is C18H16ClN3O3. The van der Waals surface area contributed by atoms with Gasteiger partial charge in [-0.15, -0.1) is 0 Å². The van der Waals surface area contributed by atoms with Gasteiger partial charge in [-0.2, -0.15) is 4.98 Å². The lowest BCUT2D eigenvalue weighted by atomic mass is 10.2. The van der Waals surface area contributed by atoms with E-state index in [0.717, 1.165) is 0 Å². The van der Waals surface area contributed by atoms with E-state index in [1.54, 1.807) is 24.3 Å². The van der Waals surface area contributed by atoms with Crippen LogP contribution < -0.4 is 5.32 Å². The Morgan fingerprint density at radius 3 is 2.84 bits per heavy atom. The number of halogens is 1. The molecule has 0 atom stereocenters. The average molecular weight is 358 g/mol. The van der Waals surface area contributed by atoms with E-state index in [-0.39, 0.29) is 11.7 Å². The maximum Gasteiger partial charge on any atom is 0.226 e. The number of aromatic nitrogens is 2. The van der Waals surface area contributed by atoms with Crippen LogP contribution in [0, 0.1) is 0 Å². The van der Waals surface area contributed by atoms with E-state index in [4.69, 9.17) is 16.1 Å². The Kier molecular flexibility index (Phi) is 5.30. The standard InChI is InChI=1S/C18H16ClN3O3/c19-15-8-2-1-7-14(15)18-21-17(25-22-18)10-4-9-16(24)20-12-5-3-6-13(23)11-12/h1-3,5-8,11,23H,4,9-10H2,(H,20,24). The number of nitrogens with one attached hydrogen (secondary N) is 1. The highest BCUT2D eigenvalue weighted by Crippen LogP contribution is 2.25. The number of nitrogens with zero attached hydrogens (tertiary/aromatic N) is 2. The Morgan fingerprint density at radius 1 is 1.20 bits per heavy atom. The van der Waals surface area contributed by atoms with Crippen LogP contribution >= 0.6 is 11.6 Å². The van der Waals surface area contributed by atoms with Crippen molar-refractivity contribution < 1.29 is 14.4 Å². The summed E-state index contributed by atoms with van der Waals surface area (Å²) >= 11 is 6.11. The Labute approximate surface area is 149 Å². The number of amides is 1. The van der Waals surface area contributed by atoms with Crippen LogP contribution in [-0.4, -0.2) is 21.2 Å². The van der Waals surface area contributed by atoms with Crippen LogP contribution in [0.15, 0.2) is 53.1 Å². The van der Waals surface area contributed by atoms with Crippen molar-refractivity contribution >= 4 is 23.2 Å². The molecule has 0 saturated heterocycles. The molecule has 0 aliphatic carbocycles. The first kappa shape index (κ1) is 17.0. The molecule has 0 aliphatic heterocycles. The van der Waals surface area contributed by atoms with Gasteiger partial charge in [-0.3, -0.25) is 4.79 Å². The number of hydrogen-bond donors (Lipinski definition) is 2. The monoisotopic (exact) mass is 357 g/mol. The Morgan fingerprint density at radius 2 is 2.04 bits per heavy atom. The maximum atomic E-state index is 11.9. The second-order valence-corrected chi connectivity index (χ2v) is 5.85. The van der Waals surface area contributed by atoms with Gasteiger partial charge < -0.3 is 14.9 Å². The van der Waals surface area contributed by atoms with Crippen LogP contribution in [0.5, 0.6) is 5.75 Å². The molecule has 0 bridgehead atoms. The molecule has 0 unspecified atom stereocenters. The van der Waals surface area contributed by atoms with Crippen LogP contribution in [0.3, 0.4) is 0 Å². The summed E-state index contributed by atoms with van der Waals surface area (Å²) in [6, 6.07) is 13.7. The van der Waals surface area contributed by atoms with Gasteiger partial charge >= 0.3 is 0 Å². The minimum absolute atomic E-state index is 0.107. The first-order valence-corrected chi connectivity index (χ1v) is 8.16. The van der Waals surface area contributed by atoms with E-state index in [2.05, 4.69) is 15.5 Å². The Balaban J connectivity index is 1.51. The van der Waals surface area contributed by atoms with E-state index >= 15 is 0 Å². The van der Waals surface area contributed by atoms with Gasteiger partial charge in [-0.25, -0.2) is 0 Å². The fraction of sp³-hybridized carbons (Fsp3) is 0.167. The van der Waals surface area contributed by atoms with Crippen molar-refractivity contribution in [3.05, 3.63) is 59.4 Å². The molecular weight excluding hydrogens is 342 g/mol. The summed E-state index contributed by atoms with van der Waals surface area (Å²) in [5.41, 5.74) is 1.27. The predicted octanol–water partition coefficient (Wildman–Crippen LogP) is 4.06. The number of anilines is 1. The molecule has 2 N–H and O–H groups in total. The largest absolute Gasteiger partial charge is 0.508 e. The van der Waals surface area contributed by atoms with E-state index in [1.807, 2.05) is 18.2 Å². The number of aryl methyl sites for hydroxylation is 1. The number of aromatic hydroxyl groups is 1. The Hall–Kier alpha value is -2.86. The molecule has 1 heterocycles. The molecule has 3 rings (SSSR count). The number of phenols is 1. The van der Waals surface area contributed by atoms with E-state index in [9.17, 15) is 9.90 Å². The second kappa shape index (κ2) is 7.81. The van der Waals surface area contributed by atoms with Gasteiger partial charge in [0, 0.05) is 30.2 Å². The highest BCUT2D eigenvalue weighted by molar-refractivity contribution is 6.33. The second-order valence-electron chi connectivity index (χ2n) is 5.44. The molecule has 1 aromatic heterocycles. The topological polar surface area (TPSA) is 88.2 Å². The van der Waals surface area contributed by atoms with Crippen molar-refractivity contribution in [2.45, 2.75) is 19.3 Å². The molecule has 0 aliphatic rings. The molecule has 2 aromatic carbocycles. The predicted molar refractivity (Wildman–Crippen MR) is 94.4 cm³/mol. The van der Waals surface area contributed by atoms with Crippen LogP contribution in [0.1, 0.15) is 18.7 Å². The molecule has 0 saturated carbocycles. The minimum Gasteiger partial charge on any atom is -0.508 e. The van der Waals surface area contributed by atoms with Crippen molar-refractivity contribution in [3.63, 3.8) is 0 Å². The van der Waals surface area contributed by atoms with Gasteiger partial charge in [0.15, 0.2) is 0 Å². The Bertz CT molecular complexity index is 879. The van der Waals surface area contributed by atoms with Crippen LogP contribution in [-0.2, 0) is 11.2 Å². The summed E-state index contributed by atoms with van der Waals surface area (Å²) in [6.45, 7) is 0. The molecule has 128 valence electrons. The lowest BCUT2D eigenvalue weighted by molar-refractivity contribution is -0.116. The zero-order valence-electron chi connectivity index (χ0n) is 13.3. The van der Waals surface area contributed by atoms with Crippen molar-refractivity contribution in [2.75, 3.05) is 5.32 Å². The summed E-state index contributed by atoms with van der Waals surface area (Å²) in [4.78, 5) is 16.2. The molecule has 0 spiro atoms. The number of carbonyl (C=O) groups excluding carboxylic acids is 1. The zero-order chi connectivity index (χ0) is 17.6. The third-order valence-corrected chi connectivity index (χ3v) is 3.84. The fourth-order valence-electron chi connectivity index (χ4n) is 2.32. The van der Waals surface area contributed by atoms with E-state index < -0.39 is 0 Å². The first-order chi connectivity index (χ1) is 12.1. The van der Waals surface area contributed by atoms with Crippen molar-refractivity contribution in [2.24, 2.45) is 0 Å². The van der Waals surface area contributed by atoms with Gasteiger partial charge in [0.2, 0.25) is 17.6 Å². The van der Waals surface area contributed by atoms with Crippen molar-refractivity contribution in [1.29, 1.82) is 0 Å². The lowest BCUT2D eigenvalue weighted by Gasteiger charge is -2.04. The molecule has 25 heavy (non-hydrogen) atoms. The molecule has 6 nitrogen and oxygen atoms in total. The van der Waals surface area contributed by atoms with Crippen molar-refractivity contribution in [3.8, 4) is 17.1 Å². The quantitative estimate of drug-likeness (QED) is 0.694. The molecule has 1 amide bonds. The van der Waals surface area contributed by atoms with Gasteiger partial charge in [0.1, 0.15) is 5.75 Å². The summed E-state index contributed by atoms with van der Waals surface area (Å²) in [7, 11) is 0. The lowest BCUT2D eigenvalue weighted by Crippen LogP contribution is -2.11. The van der Waals surface area contributed by atoms with Crippen LogP contribution in [0.4, 0.5) is 5.69 Å². The molecule has 7 heteroatoms. The molecule has 0 fully saturated rings. The normalized spacial score (nSPS) is 10.6. The summed E-state index contributed by atoms with van der Waals surface area (Å²) in [5.74, 6) is 0.858. The first-order valence-electron chi connectivity index (χ1n) is 7.78. The third-order valence-electron chi connectivity index (χ3n) is 3.51. The SMILES string of the molecule is O=C(CCCc1nc(-c2ccccc2Cl)no1)Nc1cccc(O)c1. The van der Waals surface area contributed by atoms with E-state index in [1.165, 1.54) is 6.07 Å². The number of phenolic OH excluding ortho intramolecular Hbond substituents is 1. The van der Waals surface area contributed by atoms with E-state index in [0.29, 0.717) is 47.3 Å². The van der Waals surface area contributed by atoms with Crippen molar-refractivity contribution in [1.82, 2.24) is 10.1 Å². The smallest absolute Gasteiger partial charge is 0.226 e.